The molecule has 1 amide bonds. The third-order valence-electron chi connectivity index (χ3n) is 3.86. The van der Waals surface area contributed by atoms with Crippen molar-refractivity contribution < 1.29 is 35.5 Å². The van der Waals surface area contributed by atoms with Gasteiger partial charge in [-0.15, -0.1) is 0 Å². The number of halogens is 7. The van der Waals surface area contributed by atoms with Crippen LogP contribution in [0.2, 0.25) is 0 Å². The van der Waals surface area contributed by atoms with Gasteiger partial charge in [-0.2, -0.15) is 26.3 Å². The molecule has 152 valence electrons. The van der Waals surface area contributed by atoms with E-state index in [1.54, 1.807) is 7.05 Å². The van der Waals surface area contributed by atoms with E-state index in [2.05, 4.69) is 15.6 Å². The largest absolute Gasteiger partial charge is 0.435 e. The molecule has 0 fully saturated rings. The Morgan fingerprint density at radius 1 is 0.964 bits per heavy atom. The van der Waals surface area contributed by atoms with Gasteiger partial charge in [0.15, 0.2) is 0 Å². The Balaban J connectivity index is 2.15. The molecule has 1 heterocycles. The number of nitrogens with one attached hydrogen (secondary N) is 2. The minimum atomic E-state index is -6.17. The summed E-state index contributed by atoms with van der Waals surface area (Å²) in [5.74, 6) is -0.107. The Labute approximate surface area is 154 Å². The summed E-state index contributed by atoms with van der Waals surface area (Å²) in [6.45, 7) is -0.187. The van der Waals surface area contributed by atoms with Crippen molar-refractivity contribution in [2.75, 3.05) is 12.4 Å². The third-order valence-corrected chi connectivity index (χ3v) is 3.86. The van der Waals surface area contributed by atoms with Crippen LogP contribution < -0.4 is 10.6 Å². The summed E-state index contributed by atoms with van der Waals surface area (Å²) in [6, 6.07) is 5.42. The highest BCUT2D eigenvalue weighted by molar-refractivity contribution is 5.94. The molecule has 2 aromatic rings. The van der Waals surface area contributed by atoms with Gasteiger partial charge in [0.2, 0.25) is 0 Å². The lowest BCUT2D eigenvalue weighted by molar-refractivity contribution is -0.348. The van der Waals surface area contributed by atoms with Crippen molar-refractivity contribution in [2.45, 2.75) is 24.6 Å². The quantitative estimate of drug-likeness (QED) is 0.723. The van der Waals surface area contributed by atoms with Crippen molar-refractivity contribution in [1.29, 1.82) is 0 Å². The molecule has 0 radical (unpaired) electrons. The second-order valence-corrected chi connectivity index (χ2v) is 5.71. The van der Waals surface area contributed by atoms with Crippen molar-refractivity contribution in [1.82, 2.24) is 10.3 Å². The van der Waals surface area contributed by atoms with Gasteiger partial charge in [0, 0.05) is 30.9 Å². The van der Waals surface area contributed by atoms with Crippen molar-refractivity contribution in [2.24, 2.45) is 0 Å². The van der Waals surface area contributed by atoms with E-state index in [0.29, 0.717) is 18.0 Å². The van der Waals surface area contributed by atoms with Crippen LogP contribution in [0, 0.1) is 0 Å². The highest BCUT2D eigenvalue weighted by Gasteiger charge is 2.73. The SMILES string of the molecule is CNc1cc(C(=O)NCc2ccc(C(F)(C(F)(F)F)C(F)(F)F)cc2)ccn1. The van der Waals surface area contributed by atoms with Gasteiger partial charge in [0.25, 0.3) is 5.91 Å². The lowest BCUT2D eigenvalue weighted by atomic mass is 9.93. The zero-order valence-corrected chi connectivity index (χ0v) is 14.2. The maximum absolute atomic E-state index is 13.9. The average Bonchev–Trinajstić information content (AvgIpc) is 2.64. The van der Waals surface area contributed by atoms with Gasteiger partial charge >= 0.3 is 18.0 Å². The van der Waals surface area contributed by atoms with E-state index in [-0.39, 0.29) is 17.7 Å². The van der Waals surface area contributed by atoms with E-state index in [9.17, 15) is 35.5 Å². The molecule has 0 saturated heterocycles. The first kappa shape index (κ1) is 21.5. The topological polar surface area (TPSA) is 54.0 Å². The third kappa shape index (κ3) is 4.18. The predicted octanol–water partition coefficient (Wildman–Crippen LogP) is 4.34. The molecule has 0 aliphatic carbocycles. The summed E-state index contributed by atoms with van der Waals surface area (Å²) in [4.78, 5) is 16.0. The highest BCUT2D eigenvalue weighted by Crippen LogP contribution is 2.53. The number of carbonyl (C=O) groups excluding carboxylic acids is 1. The molecule has 28 heavy (non-hydrogen) atoms. The predicted molar refractivity (Wildman–Crippen MR) is 86.3 cm³/mol. The van der Waals surface area contributed by atoms with E-state index >= 15 is 0 Å². The maximum Gasteiger partial charge on any atom is 0.435 e. The van der Waals surface area contributed by atoms with E-state index in [4.69, 9.17) is 0 Å². The number of hydrogen-bond acceptors (Lipinski definition) is 3. The fourth-order valence-electron chi connectivity index (χ4n) is 2.33. The van der Waals surface area contributed by atoms with E-state index in [1.165, 1.54) is 18.3 Å². The normalized spacial score (nSPS) is 12.6. The Morgan fingerprint density at radius 3 is 2.04 bits per heavy atom. The molecule has 0 spiro atoms. The zero-order valence-electron chi connectivity index (χ0n) is 14.2. The molecule has 0 unspecified atom stereocenters. The van der Waals surface area contributed by atoms with Crippen LogP contribution in [0.3, 0.4) is 0 Å². The van der Waals surface area contributed by atoms with Gasteiger partial charge in [0.1, 0.15) is 5.82 Å². The van der Waals surface area contributed by atoms with Crippen LogP contribution in [-0.2, 0) is 12.2 Å². The minimum Gasteiger partial charge on any atom is -0.373 e. The van der Waals surface area contributed by atoms with E-state index < -0.39 is 29.5 Å². The number of alkyl halides is 7. The molecular formula is C17H14F7N3O. The minimum absolute atomic E-state index is 0.187. The number of rotatable bonds is 5. The molecule has 11 heteroatoms. The fraction of sp³-hybridized carbons (Fsp3) is 0.294. The van der Waals surface area contributed by atoms with Gasteiger partial charge in [-0.3, -0.25) is 4.79 Å². The zero-order chi connectivity index (χ0) is 21.2. The monoisotopic (exact) mass is 409 g/mol. The molecule has 0 saturated carbocycles. The van der Waals surface area contributed by atoms with E-state index in [0.717, 1.165) is 12.1 Å². The lowest BCUT2D eigenvalue weighted by Gasteiger charge is -2.30. The van der Waals surface area contributed by atoms with E-state index in [1.807, 2.05) is 0 Å². The summed E-state index contributed by atoms with van der Waals surface area (Å²) < 4.78 is 90.3. The van der Waals surface area contributed by atoms with Crippen molar-refractivity contribution in [3.05, 3.63) is 59.3 Å². The average molecular weight is 409 g/mol. The molecule has 0 atom stereocenters. The van der Waals surface area contributed by atoms with Gasteiger partial charge in [-0.1, -0.05) is 24.3 Å². The number of aromatic nitrogens is 1. The first-order valence-corrected chi connectivity index (χ1v) is 7.74. The van der Waals surface area contributed by atoms with Crippen LogP contribution in [-0.4, -0.2) is 30.3 Å². The Hall–Kier alpha value is -2.85. The number of pyridine rings is 1. The summed E-state index contributed by atoms with van der Waals surface area (Å²) in [7, 11) is 1.60. The Bertz CT molecular complexity index is 818. The molecular weight excluding hydrogens is 395 g/mol. The first-order valence-electron chi connectivity index (χ1n) is 7.74. The van der Waals surface area contributed by atoms with Crippen LogP contribution >= 0.6 is 0 Å². The van der Waals surface area contributed by atoms with Crippen molar-refractivity contribution in [3.63, 3.8) is 0 Å². The molecule has 1 aromatic carbocycles. The number of amides is 1. The molecule has 0 bridgehead atoms. The van der Waals surface area contributed by atoms with Gasteiger partial charge < -0.3 is 10.6 Å². The number of carbonyl (C=O) groups is 1. The standard InChI is InChI=1S/C17H14F7N3O/c1-25-13-8-11(6-7-26-13)14(28)27-9-10-2-4-12(5-3-10)15(18,16(19,20)21)17(22,23)24/h2-8H,9H2,1H3,(H,25,26)(H,27,28). The number of benzene rings is 1. The van der Waals surface area contributed by atoms with Crippen LogP contribution in [0.5, 0.6) is 0 Å². The molecule has 0 aliphatic heterocycles. The molecule has 2 rings (SSSR count). The highest BCUT2D eigenvalue weighted by atomic mass is 19.4. The van der Waals surface area contributed by atoms with Crippen molar-refractivity contribution >= 4 is 11.7 Å². The fourth-order valence-corrected chi connectivity index (χ4v) is 2.33. The van der Waals surface area contributed by atoms with Crippen LogP contribution in [0.15, 0.2) is 42.6 Å². The Kier molecular flexibility index (Phi) is 5.86. The second kappa shape index (κ2) is 7.64. The second-order valence-electron chi connectivity index (χ2n) is 5.71. The van der Waals surface area contributed by atoms with Gasteiger partial charge in [0.05, 0.1) is 0 Å². The van der Waals surface area contributed by atoms with Gasteiger partial charge in [-0.25, -0.2) is 9.37 Å². The maximum atomic E-state index is 13.9. The summed E-state index contributed by atoms with van der Waals surface area (Å²) in [6.07, 6.45) is -11.0. The summed E-state index contributed by atoms with van der Waals surface area (Å²) >= 11 is 0. The van der Waals surface area contributed by atoms with Gasteiger partial charge in [-0.05, 0) is 17.7 Å². The lowest BCUT2D eigenvalue weighted by Crippen LogP contribution is -2.50. The first-order chi connectivity index (χ1) is 12.9. The molecule has 4 nitrogen and oxygen atoms in total. The van der Waals surface area contributed by atoms with Crippen LogP contribution in [0.1, 0.15) is 21.5 Å². The number of nitrogens with zero attached hydrogens (tertiary/aromatic N) is 1. The number of anilines is 1. The smallest absolute Gasteiger partial charge is 0.373 e. The number of hydrogen-bond donors (Lipinski definition) is 2. The summed E-state index contributed by atoms with van der Waals surface area (Å²) in [5, 5.41) is 5.18. The van der Waals surface area contributed by atoms with Crippen LogP contribution in [0.25, 0.3) is 0 Å². The Morgan fingerprint density at radius 2 is 1.54 bits per heavy atom. The van der Waals surface area contributed by atoms with Crippen molar-refractivity contribution in [3.8, 4) is 0 Å². The van der Waals surface area contributed by atoms with Crippen LogP contribution in [0.4, 0.5) is 36.6 Å². The molecule has 2 N–H and O–H groups in total. The summed E-state index contributed by atoms with van der Waals surface area (Å²) in [5.41, 5.74) is -6.64. The molecule has 0 aliphatic rings. The molecule has 1 aromatic heterocycles.